The van der Waals surface area contributed by atoms with Crippen molar-refractivity contribution in [3.8, 4) is 5.75 Å². The van der Waals surface area contributed by atoms with E-state index in [0.717, 1.165) is 24.2 Å². The Morgan fingerprint density at radius 1 is 1.36 bits per heavy atom. The van der Waals surface area contributed by atoms with Crippen molar-refractivity contribution in [2.24, 2.45) is 7.05 Å². The third kappa shape index (κ3) is 4.30. The second kappa shape index (κ2) is 9.10. The van der Waals surface area contributed by atoms with Crippen LogP contribution < -0.4 is 15.6 Å². The van der Waals surface area contributed by atoms with Crippen molar-refractivity contribution in [1.29, 1.82) is 0 Å². The Kier molecular flexibility index (Phi) is 6.57. The third-order valence-electron chi connectivity index (χ3n) is 4.68. The first-order valence-electron chi connectivity index (χ1n) is 9.42. The van der Waals surface area contributed by atoms with E-state index < -0.39 is 0 Å². The number of fused-ring (bicyclic) bond motifs is 1. The molecule has 7 heteroatoms. The van der Waals surface area contributed by atoms with Crippen molar-refractivity contribution < 1.29 is 9.53 Å². The number of anilines is 1. The number of rotatable bonds is 8. The number of hydrogen-bond donors (Lipinski definition) is 1. The highest BCUT2D eigenvalue weighted by atomic mass is 32.2. The average molecular weight is 400 g/mol. The maximum Gasteiger partial charge on any atom is 0.279 e. The number of carbonyl (C=O) groups is 1. The molecule has 1 amide bonds. The van der Waals surface area contributed by atoms with Crippen molar-refractivity contribution in [2.45, 2.75) is 37.3 Å². The number of carbonyl (C=O) groups excluding carboxylic acids is 1. The molecule has 2 aromatic rings. The summed E-state index contributed by atoms with van der Waals surface area (Å²) in [5, 5.41) is 3.41. The summed E-state index contributed by atoms with van der Waals surface area (Å²) in [5.74, 6) is 1.52. The molecule has 6 nitrogen and oxygen atoms in total. The smallest absolute Gasteiger partial charge is 0.279 e. The number of thioether (sulfide) groups is 1. The van der Waals surface area contributed by atoms with Crippen LogP contribution in [0.15, 0.2) is 46.9 Å². The first kappa shape index (κ1) is 20.2. The molecule has 0 radical (unpaired) electrons. The normalized spacial score (nSPS) is 15.6. The van der Waals surface area contributed by atoms with Crippen LogP contribution in [0.5, 0.6) is 5.75 Å². The topological polar surface area (TPSA) is 73.2 Å². The summed E-state index contributed by atoms with van der Waals surface area (Å²) >= 11 is 1.41. The second-order valence-electron chi connectivity index (χ2n) is 6.70. The van der Waals surface area contributed by atoms with Gasteiger partial charge >= 0.3 is 0 Å². The Labute approximate surface area is 169 Å². The molecule has 0 saturated carbocycles. The monoisotopic (exact) mass is 399 g/mol. The highest BCUT2D eigenvalue weighted by Crippen LogP contribution is 2.36. The highest BCUT2D eigenvalue weighted by Gasteiger charge is 2.32. The van der Waals surface area contributed by atoms with Crippen molar-refractivity contribution in [2.75, 3.05) is 17.7 Å². The molecule has 1 aromatic heterocycles. The average Bonchev–Trinajstić information content (AvgIpc) is 2.69. The molecule has 1 N–H and O–H groups in total. The third-order valence-corrected chi connectivity index (χ3v) is 5.71. The van der Waals surface area contributed by atoms with Crippen molar-refractivity contribution in [3.05, 3.63) is 58.4 Å². The number of amides is 1. The summed E-state index contributed by atoms with van der Waals surface area (Å²) in [6, 6.07) is 7.63. The van der Waals surface area contributed by atoms with Gasteiger partial charge in [-0.15, -0.1) is 6.58 Å². The van der Waals surface area contributed by atoms with Gasteiger partial charge in [-0.1, -0.05) is 43.3 Å². The van der Waals surface area contributed by atoms with Gasteiger partial charge in [0.25, 0.3) is 5.56 Å². The molecule has 3 rings (SSSR count). The van der Waals surface area contributed by atoms with Crippen LogP contribution in [0.3, 0.4) is 0 Å². The van der Waals surface area contributed by atoms with E-state index in [1.165, 1.54) is 11.8 Å². The second-order valence-corrected chi connectivity index (χ2v) is 7.68. The minimum absolute atomic E-state index is 0.110. The molecule has 1 aromatic carbocycles. The lowest BCUT2D eigenvalue weighted by molar-refractivity contribution is -0.116. The van der Waals surface area contributed by atoms with E-state index >= 15 is 0 Å². The van der Waals surface area contributed by atoms with Gasteiger partial charge in [-0.2, -0.15) is 4.98 Å². The van der Waals surface area contributed by atoms with Crippen LogP contribution in [0.25, 0.3) is 0 Å². The lowest BCUT2D eigenvalue weighted by Gasteiger charge is -2.27. The van der Waals surface area contributed by atoms with Gasteiger partial charge in [0.15, 0.2) is 5.16 Å². The van der Waals surface area contributed by atoms with E-state index in [9.17, 15) is 9.59 Å². The molecule has 0 bridgehead atoms. The molecule has 1 atom stereocenters. The molecular weight excluding hydrogens is 374 g/mol. The van der Waals surface area contributed by atoms with E-state index in [-0.39, 0.29) is 23.8 Å². The Morgan fingerprint density at radius 2 is 2.11 bits per heavy atom. The molecule has 1 aliphatic rings. The number of aromatic nitrogens is 2. The maximum atomic E-state index is 12.8. The summed E-state index contributed by atoms with van der Waals surface area (Å²) < 4.78 is 7.48. The zero-order valence-corrected chi connectivity index (χ0v) is 17.1. The van der Waals surface area contributed by atoms with Crippen molar-refractivity contribution in [1.82, 2.24) is 9.55 Å². The first-order valence-corrected chi connectivity index (χ1v) is 10.4. The zero-order valence-electron chi connectivity index (χ0n) is 16.2. The van der Waals surface area contributed by atoms with Gasteiger partial charge in [0, 0.05) is 25.1 Å². The molecule has 28 heavy (non-hydrogen) atoms. The zero-order chi connectivity index (χ0) is 20.1. The van der Waals surface area contributed by atoms with Crippen LogP contribution in [0.4, 0.5) is 5.82 Å². The van der Waals surface area contributed by atoms with Gasteiger partial charge in [0.2, 0.25) is 5.91 Å². The van der Waals surface area contributed by atoms with E-state index in [1.807, 2.05) is 31.3 Å². The fourth-order valence-electron chi connectivity index (χ4n) is 3.21. The fourth-order valence-corrected chi connectivity index (χ4v) is 3.91. The van der Waals surface area contributed by atoms with Gasteiger partial charge < -0.3 is 14.6 Å². The number of nitrogens with zero attached hydrogens (tertiary/aromatic N) is 2. The fraction of sp³-hybridized carbons (Fsp3) is 0.381. The number of benzene rings is 1. The van der Waals surface area contributed by atoms with Crippen LogP contribution in [0, 0.1) is 0 Å². The number of hydrogen-bond acceptors (Lipinski definition) is 5. The quantitative estimate of drug-likeness (QED) is 0.317. The van der Waals surface area contributed by atoms with Gasteiger partial charge in [0.05, 0.1) is 12.2 Å². The van der Waals surface area contributed by atoms with Gasteiger partial charge in [-0.3, -0.25) is 9.59 Å². The Morgan fingerprint density at radius 3 is 2.79 bits per heavy atom. The molecule has 0 saturated heterocycles. The summed E-state index contributed by atoms with van der Waals surface area (Å²) in [6.45, 7) is 6.49. The number of unbranched alkanes of at least 4 members (excludes halogenated alkanes) is 1. The molecule has 148 valence electrons. The summed E-state index contributed by atoms with van der Waals surface area (Å²) in [6.07, 6.45) is 4.06. The molecule has 0 aliphatic carbocycles. The Hall–Kier alpha value is -2.54. The summed E-state index contributed by atoms with van der Waals surface area (Å²) in [4.78, 5) is 29.4. The van der Waals surface area contributed by atoms with Gasteiger partial charge in [-0.25, -0.2) is 0 Å². The SMILES string of the molecule is C=CCSc1nc(=O)c2c(n1C)NC(=O)C[C@H]2c1ccc(OCCCC)cc1. The minimum Gasteiger partial charge on any atom is -0.494 e. The van der Waals surface area contributed by atoms with E-state index in [0.29, 0.717) is 28.9 Å². The molecule has 1 aliphatic heterocycles. The maximum absolute atomic E-state index is 12.8. The lowest BCUT2D eigenvalue weighted by atomic mass is 9.87. The van der Waals surface area contributed by atoms with Crippen molar-refractivity contribution >= 4 is 23.5 Å². The predicted octanol–water partition coefficient (Wildman–Crippen LogP) is 3.71. The van der Waals surface area contributed by atoms with Crippen LogP contribution in [0.1, 0.15) is 43.2 Å². The van der Waals surface area contributed by atoms with Gasteiger partial charge in [-0.05, 0) is 24.1 Å². The highest BCUT2D eigenvalue weighted by molar-refractivity contribution is 7.99. The minimum atomic E-state index is -0.321. The van der Waals surface area contributed by atoms with E-state index in [4.69, 9.17) is 4.74 Å². The van der Waals surface area contributed by atoms with Crippen molar-refractivity contribution in [3.63, 3.8) is 0 Å². The van der Waals surface area contributed by atoms with E-state index in [1.54, 1.807) is 10.6 Å². The van der Waals surface area contributed by atoms with Crippen LogP contribution in [-0.4, -0.2) is 27.8 Å². The predicted molar refractivity (Wildman–Crippen MR) is 112 cm³/mol. The van der Waals surface area contributed by atoms with Crippen LogP contribution in [0.2, 0.25) is 0 Å². The van der Waals surface area contributed by atoms with Crippen LogP contribution in [-0.2, 0) is 11.8 Å². The molecule has 0 fully saturated rings. The number of nitrogens with one attached hydrogen (secondary N) is 1. The van der Waals surface area contributed by atoms with E-state index in [2.05, 4.69) is 23.8 Å². The number of ether oxygens (including phenoxy) is 1. The van der Waals surface area contributed by atoms with Crippen LogP contribution >= 0.6 is 11.8 Å². The standard InChI is InChI=1S/C21H25N3O3S/c1-4-6-11-27-15-9-7-14(8-10-15)16-13-17(25)22-19-18(16)20(26)23-21(24(19)3)28-12-5-2/h5,7-10,16H,2,4,6,11-13H2,1,3H3,(H,22,25)/t16-/m0/s1. The molecule has 0 unspecified atom stereocenters. The summed E-state index contributed by atoms with van der Waals surface area (Å²) in [7, 11) is 1.81. The largest absolute Gasteiger partial charge is 0.494 e. The summed E-state index contributed by atoms with van der Waals surface area (Å²) in [5.41, 5.74) is 1.14. The first-order chi connectivity index (χ1) is 13.5. The molecular formula is C21H25N3O3S. The molecule has 0 spiro atoms. The van der Waals surface area contributed by atoms with Gasteiger partial charge in [0.1, 0.15) is 11.6 Å². The lowest BCUT2D eigenvalue weighted by Crippen LogP contribution is -2.33. The Balaban J connectivity index is 1.94. The molecule has 2 heterocycles. The Bertz CT molecular complexity index is 922.